The van der Waals surface area contributed by atoms with Crippen LogP contribution in [0.25, 0.3) is 0 Å². The molecule has 2 aliphatic rings. The van der Waals surface area contributed by atoms with Gasteiger partial charge < -0.3 is 9.80 Å². The molecule has 6 heteroatoms. The van der Waals surface area contributed by atoms with Crippen molar-refractivity contribution in [3.8, 4) is 0 Å². The fourth-order valence-corrected chi connectivity index (χ4v) is 3.21. The van der Waals surface area contributed by atoms with Gasteiger partial charge in [0, 0.05) is 38.3 Å². The number of hydrogen-bond donors (Lipinski definition) is 1. The first-order chi connectivity index (χ1) is 10.4. The Morgan fingerprint density at radius 1 is 1.23 bits per heavy atom. The Kier molecular flexibility index (Phi) is 3.39. The molecule has 6 nitrogen and oxygen atoms in total. The number of carbonyl (C=O) groups excluding carboxylic acids is 3. The van der Waals surface area contributed by atoms with Crippen molar-refractivity contribution in [2.45, 2.75) is 32.4 Å². The molecule has 1 fully saturated rings. The summed E-state index contributed by atoms with van der Waals surface area (Å²) >= 11 is 0. The third kappa shape index (κ3) is 2.24. The number of fused-ring (bicyclic) bond motifs is 1. The summed E-state index contributed by atoms with van der Waals surface area (Å²) in [5, 5.41) is 2.31. The average Bonchev–Trinajstić information content (AvgIpc) is 2.74. The highest BCUT2D eigenvalue weighted by molar-refractivity contribution is 6.05. The molecule has 2 heterocycles. The quantitative estimate of drug-likeness (QED) is 0.821. The van der Waals surface area contributed by atoms with Crippen molar-refractivity contribution in [2.75, 3.05) is 19.0 Å². The number of nitrogens with zero attached hydrogens (tertiary/aromatic N) is 2. The van der Waals surface area contributed by atoms with Gasteiger partial charge in [0.2, 0.25) is 11.8 Å². The zero-order chi connectivity index (χ0) is 16.0. The highest BCUT2D eigenvalue weighted by atomic mass is 16.2. The van der Waals surface area contributed by atoms with Gasteiger partial charge in [-0.25, -0.2) is 0 Å². The number of piperidine rings is 1. The van der Waals surface area contributed by atoms with E-state index >= 15 is 0 Å². The lowest BCUT2D eigenvalue weighted by atomic mass is 10.0. The fourth-order valence-electron chi connectivity index (χ4n) is 3.21. The second-order valence-corrected chi connectivity index (χ2v) is 6.09. The first-order valence-corrected chi connectivity index (χ1v) is 7.34. The highest BCUT2D eigenvalue weighted by Gasteiger charge is 2.39. The first kappa shape index (κ1) is 14.6. The Labute approximate surface area is 129 Å². The molecule has 0 aromatic heterocycles. The van der Waals surface area contributed by atoms with Gasteiger partial charge in [0.25, 0.3) is 5.91 Å². The molecular formula is C16H19N3O3. The summed E-state index contributed by atoms with van der Waals surface area (Å²) in [6.07, 6.45) is 0.669. The van der Waals surface area contributed by atoms with E-state index in [0.29, 0.717) is 18.5 Å². The minimum absolute atomic E-state index is 0.132. The Bertz CT molecular complexity index is 681. The summed E-state index contributed by atoms with van der Waals surface area (Å²) in [6.45, 7) is 2.43. The van der Waals surface area contributed by atoms with Crippen molar-refractivity contribution in [1.82, 2.24) is 10.2 Å². The van der Waals surface area contributed by atoms with E-state index in [-0.39, 0.29) is 24.1 Å². The van der Waals surface area contributed by atoms with Crippen LogP contribution in [-0.4, -0.2) is 42.8 Å². The Morgan fingerprint density at radius 2 is 1.95 bits per heavy atom. The zero-order valence-electron chi connectivity index (χ0n) is 13.0. The molecule has 0 spiro atoms. The maximum Gasteiger partial charge on any atom is 0.255 e. The molecule has 22 heavy (non-hydrogen) atoms. The SMILES string of the molecule is Cc1cc2c(cc1N(C)C)C(=O)N(C1CCC(=O)NC1=O)C2. The van der Waals surface area contributed by atoms with Crippen LogP contribution in [0.15, 0.2) is 12.1 Å². The number of imide groups is 1. The molecule has 0 bridgehead atoms. The number of amides is 3. The monoisotopic (exact) mass is 301 g/mol. The Morgan fingerprint density at radius 3 is 2.59 bits per heavy atom. The van der Waals surface area contributed by atoms with E-state index < -0.39 is 6.04 Å². The van der Waals surface area contributed by atoms with Gasteiger partial charge in [0.1, 0.15) is 6.04 Å². The summed E-state index contributed by atoms with van der Waals surface area (Å²) in [7, 11) is 3.87. The molecule has 0 saturated carbocycles. The van der Waals surface area contributed by atoms with Crippen molar-refractivity contribution < 1.29 is 14.4 Å². The van der Waals surface area contributed by atoms with Gasteiger partial charge in [-0.05, 0) is 30.5 Å². The van der Waals surface area contributed by atoms with E-state index in [1.165, 1.54) is 0 Å². The molecule has 1 aromatic carbocycles. The second kappa shape index (κ2) is 5.12. The molecule has 1 N–H and O–H groups in total. The average molecular weight is 301 g/mol. The van der Waals surface area contributed by atoms with Gasteiger partial charge in [-0.1, -0.05) is 6.07 Å². The second-order valence-electron chi connectivity index (χ2n) is 6.09. The first-order valence-electron chi connectivity index (χ1n) is 7.34. The van der Waals surface area contributed by atoms with Crippen LogP contribution in [0.2, 0.25) is 0 Å². The number of rotatable bonds is 2. The molecule has 2 aliphatic heterocycles. The number of benzene rings is 1. The van der Waals surface area contributed by atoms with Gasteiger partial charge in [-0.15, -0.1) is 0 Å². The molecule has 1 saturated heterocycles. The van der Waals surface area contributed by atoms with Gasteiger partial charge >= 0.3 is 0 Å². The smallest absolute Gasteiger partial charge is 0.255 e. The van der Waals surface area contributed by atoms with Gasteiger partial charge in [-0.3, -0.25) is 19.7 Å². The van der Waals surface area contributed by atoms with Crippen molar-refractivity contribution in [2.24, 2.45) is 0 Å². The standard InChI is InChI=1S/C16H19N3O3/c1-9-6-10-8-19(12-4-5-14(20)17-15(12)21)16(22)11(10)7-13(9)18(2)3/h6-7,12H,4-5,8H2,1-3H3,(H,17,20,21). The number of aryl methyl sites for hydroxylation is 1. The van der Waals surface area contributed by atoms with Gasteiger partial charge in [-0.2, -0.15) is 0 Å². The lowest BCUT2D eigenvalue weighted by molar-refractivity contribution is -0.136. The molecule has 0 aliphatic carbocycles. The predicted octanol–water partition coefficient (Wildman–Crippen LogP) is 0.822. The summed E-state index contributed by atoms with van der Waals surface area (Å²) < 4.78 is 0. The van der Waals surface area contributed by atoms with Crippen LogP contribution in [0, 0.1) is 6.92 Å². The van der Waals surface area contributed by atoms with Crippen LogP contribution < -0.4 is 10.2 Å². The summed E-state index contributed by atoms with van der Waals surface area (Å²) in [5.41, 5.74) is 3.69. The lowest BCUT2D eigenvalue weighted by Crippen LogP contribution is -2.52. The van der Waals surface area contributed by atoms with Crippen molar-refractivity contribution in [3.05, 3.63) is 28.8 Å². The largest absolute Gasteiger partial charge is 0.377 e. The summed E-state index contributed by atoms with van der Waals surface area (Å²) in [6, 6.07) is 3.34. The van der Waals surface area contributed by atoms with Crippen LogP contribution in [-0.2, 0) is 16.1 Å². The number of hydrogen-bond acceptors (Lipinski definition) is 4. The van der Waals surface area contributed by atoms with Crippen LogP contribution in [0.3, 0.4) is 0 Å². The minimum Gasteiger partial charge on any atom is -0.377 e. The number of nitrogens with one attached hydrogen (secondary N) is 1. The van der Waals surface area contributed by atoms with Gasteiger partial charge in [0.05, 0.1) is 0 Å². The number of anilines is 1. The molecular weight excluding hydrogens is 282 g/mol. The molecule has 1 atom stereocenters. The predicted molar refractivity (Wildman–Crippen MR) is 81.6 cm³/mol. The number of carbonyl (C=O) groups is 3. The third-order valence-electron chi connectivity index (χ3n) is 4.32. The van der Waals surface area contributed by atoms with E-state index in [0.717, 1.165) is 16.8 Å². The summed E-state index contributed by atoms with van der Waals surface area (Å²) in [4.78, 5) is 39.4. The molecule has 3 rings (SSSR count). The molecule has 0 radical (unpaired) electrons. The Hall–Kier alpha value is -2.37. The van der Waals surface area contributed by atoms with Crippen molar-refractivity contribution in [3.63, 3.8) is 0 Å². The maximum absolute atomic E-state index is 12.7. The van der Waals surface area contributed by atoms with E-state index in [1.807, 2.05) is 38.1 Å². The normalized spacial score (nSPS) is 21.0. The van der Waals surface area contributed by atoms with E-state index in [4.69, 9.17) is 0 Å². The molecule has 3 amide bonds. The maximum atomic E-state index is 12.7. The van der Waals surface area contributed by atoms with Crippen molar-refractivity contribution in [1.29, 1.82) is 0 Å². The van der Waals surface area contributed by atoms with Crippen LogP contribution in [0.5, 0.6) is 0 Å². The van der Waals surface area contributed by atoms with Crippen LogP contribution in [0.4, 0.5) is 5.69 Å². The topological polar surface area (TPSA) is 69.7 Å². The van der Waals surface area contributed by atoms with E-state index in [2.05, 4.69) is 5.32 Å². The third-order valence-corrected chi connectivity index (χ3v) is 4.32. The molecule has 1 unspecified atom stereocenters. The van der Waals surface area contributed by atoms with Crippen molar-refractivity contribution >= 4 is 23.4 Å². The zero-order valence-corrected chi connectivity index (χ0v) is 13.0. The van der Waals surface area contributed by atoms with E-state index in [1.54, 1.807) is 4.90 Å². The Balaban J connectivity index is 1.91. The molecule has 116 valence electrons. The highest BCUT2D eigenvalue weighted by Crippen LogP contribution is 2.32. The summed E-state index contributed by atoms with van der Waals surface area (Å²) in [5.74, 6) is -0.772. The molecule has 1 aromatic rings. The van der Waals surface area contributed by atoms with Gasteiger partial charge in [0.15, 0.2) is 0 Å². The van der Waals surface area contributed by atoms with E-state index in [9.17, 15) is 14.4 Å². The fraction of sp³-hybridized carbons (Fsp3) is 0.438. The minimum atomic E-state index is -0.555. The van der Waals surface area contributed by atoms with Crippen LogP contribution in [0.1, 0.15) is 34.3 Å². The lowest BCUT2D eigenvalue weighted by Gasteiger charge is -2.29. The van der Waals surface area contributed by atoms with Crippen LogP contribution >= 0.6 is 0 Å².